The average Bonchev–Trinajstić information content (AvgIpc) is 3.72. The standard InChI is InChI=1S/C50H56N2O2S/c1-3-5-7-9-11-13-15-17-33-53-47-31-29-43-35-39(21-25-45(43)37-47)19-23-41-27-28-42(50-49(41)51-55-52-50)24-20-40-22-26-46-38-48(32-30-44(46)36-40)54-34-18-16-14-12-10-8-6-4-2/h21-22,25-32,35-38H,3-18,33-34H2,1-2H3. The maximum atomic E-state index is 6.08. The van der Waals surface area contributed by atoms with Crippen LogP contribution in [-0.4, -0.2) is 22.0 Å². The predicted molar refractivity (Wildman–Crippen MR) is 233 cm³/mol. The van der Waals surface area contributed by atoms with Crippen molar-refractivity contribution >= 4 is 44.3 Å². The molecule has 0 saturated carbocycles. The lowest BCUT2D eigenvalue weighted by molar-refractivity contribution is 0.304. The minimum Gasteiger partial charge on any atom is -0.494 e. The van der Waals surface area contributed by atoms with Crippen molar-refractivity contribution in [2.45, 2.75) is 117 Å². The van der Waals surface area contributed by atoms with Crippen LogP contribution in [0.3, 0.4) is 0 Å². The van der Waals surface area contributed by atoms with E-state index >= 15 is 0 Å². The fraction of sp³-hybridized carbons (Fsp3) is 0.400. The molecule has 0 fully saturated rings. The van der Waals surface area contributed by atoms with Gasteiger partial charge in [0, 0.05) is 11.1 Å². The second-order valence-electron chi connectivity index (χ2n) is 14.7. The minimum absolute atomic E-state index is 0.772. The van der Waals surface area contributed by atoms with Crippen LogP contribution in [0.2, 0.25) is 0 Å². The third kappa shape index (κ3) is 12.3. The van der Waals surface area contributed by atoms with E-state index in [-0.39, 0.29) is 0 Å². The summed E-state index contributed by atoms with van der Waals surface area (Å²) in [4.78, 5) is 0. The Kier molecular flexibility index (Phi) is 15.9. The summed E-state index contributed by atoms with van der Waals surface area (Å²) in [6, 6.07) is 29.3. The molecule has 284 valence electrons. The van der Waals surface area contributed by atoms with Crippen LogP contribution in [0.25, 0.3) is 32.6 Å². The van der Waals surface area contributed by atoms with Gasteiger partial charge < -0.3 is 9.47 Å². The molecule has 0 amide bonds. The fourth-order valence-electron chi connectivity index (χ4n) is 6.98. The van der Waals surface area contributed by atoms with Crippen LogP contribution in [0.4, 0.5) is 0 Å². The zero-order valence-electron chi connectivity index (χ0n) is 32.9. The normalized spacial score (nSPS) is 11.0. The van der Waals surface area contributed by atoms with E-state index in [0.29, 0.717) is 0 Å². The molecule has 0 bridgehead atoms. The van der Waals surface area contributed by atoms with Crippen LogP contribution in [0, 0.1) is 23.7 Å². The summed E-state index contributed by atoms with van der Waals surface area (Å²) in [6.07, 6.45) is 20.8. The van der Waals surface area contributed by atoms with Gasteiger partial charge in [-0.2, -0.15) is 8.75 Å². The van der Waals surface area contributed by atoms with E-state index in [1.807, 2.05) is 12.1 Å². The van der Waals surface area contributed by atoms with Gasteiger partial charge in [0.1, 0.15) is 22.5 Å². The minimum atomic E-state index is 0.772. The molecule has 1 heterocycles. The molecule has 0 aliphatic heterocycles. The number of hydrogen-bond acceptors (Lipinski definition) is 5. The molecular formula is C50H56N2O2S. The first-order valence-corrected chi connectivity index (χ1v) is 21.6. The second-order valence-corrected chi connectivity index (χ2v) is 15.2. The second kappa shape index (κ2) is 21.9. The van der Waals surface area contributed by atoms with Crippen LogP contribution < -0.4 is 9.47 Å². The van der Waals surface area contributed by atoms with Crippen molar-refractivity contribution in [1.82, 2.24) is 8.75 Å². The van der Waals surface area contributed by atoms with Crippen LogP contribution in [0.15, 0.2) is 84.9 Å². The van der Waals surface area contributed by atoms with Gasteiger partial charge in [0.15, 0.2) is 0 Å². The Hall–Kier alpha value is -4.84. The van der Waals surface area contributed by atoms with Gasteiger partial charge in [-0.25, -0.2) is 0 Å². The molecule has 0 unspecified atom stereocenters. The summed E-state index contributed by atoms with van der Waals surface area (Å²) < 4.78 is 21.3. The molecule has 5 aromatic carbocycles. The van der Waals surface area contributed by atoms with E-state index in [0.717, 1.165) is 92.4 Å². The van der Waals surface area contributed by atoms with E-state index in [1.165, 1.54) is 102 Å². The van der Waals surface area contributed by atoms with Crippen molar-refractivity contribution in [3.05, 3.63) is 107 Å². The monoisotopic (exact) mass is 748 g/mol. The summed E-state index contributed by atoms with van der Waals surface area (Å²) in [5.41, 5.74) is 5.20. The van der Waals surface area contributed by atoms with E-state index in [2.05, 4.69) is 119 Å². The van der Waals surface area contributed by atoms with Crippen molar-refractivity contribution in [3.8, 4) is 35.2 Å². The fourth-order valence-corrected chi connectivity index (χ4v) is 7.56. The lowest BCUT2D eigenvalue weighted by Gasteiger charge is -2.08. The molecule has 0 aliphatic carbocycles. The summed E-state index contributed by atoms with van der Waals surface area (Å²) in [6.45, 7) is 6.08. The van der Waals surface area contributed by atoms with Crippen molar-refractivity contribution in [1.29, 1.82) is 0 Å². The van der Waals surface area contributed by atoms with Crippen molar-refractivity contribution in [3.63, 3.8) is 0 Å². The van der Waals surface area contributed by atoms with E-state index < -0.39 is 0 Å². The first-order valence-electron chi connectivity index (χ1n) is 20.8. The van der Waals surface area contributed by atoms with E-state index in [9.17, 15) is 0 Å². The Morgan fingerprint density at radius 1 is 0.418 bits per heavy atom. The smallest absolute Gasteiger partial charge is 0.121 e. The van der Waals surface area contributed by atoms with Crippen molar-refractivity contribution in [2.24, 2.45) is 0 Å². The lowest BCUT2D eigenvalue weighted by atomic mass is 10.0. The van der Waals surface area contributed by atoms with Crippen molar-refractivity contribution < 1.29 is 9.47 Å². The Morgan fingerprint density at radius 3 is 1.24 bits per heavy atom. The molecule has 0 N–H and O–H groups in total. The number of unbranched alkanes of at least 4 members (excludes halogenated alkanes) is 14. The highest BCUT2D eigenvalue weighted by molar-refractivity contribution is 7.00. The third-order valence-corrected chi connectivity index (χ3v) is 10.8. The Balaban J connectivity index is 1.02. The highest BCUT2D eigenvalue weighted by Gasteiger charge is 2.08. The Bertz CT molecular complexity index is 2090. The van der Waals surface area contributed by atoms with Crippen LogP contribution in [0.5, 0.6) is 11.5 Å². The zero-order chi connectivity index (χ0) is 37.9. The third-order valence-electron chi connectivity index (χ3n) is 10.3. The van der Waals surface area contributed by atoms with Gasteiger partial charge in [0.25, 0.3) is 0 Å². The van der Waals surface area contributed by atoms with Gasteiger partial charge >= 0.3 is 0 Å². The number of hydrogen-bond donors (Lipinski definition) is 0. The summed E-state index contributed by atoms with van der Waals surface area (Å²) in [5, 5.41) is 4.60. The lowest BCUT2D eigenvalue weighted by Crippen LogP contribution is -1.97. The molecule has 6 rings (SSSR count). The molecule has 5 heteroatoms. The highest BCUT2D eigenvalue weighted by atomic mass is 32.1. The molecule has 6 aromatic rings. The SMILES string of the molecule is CCCCCCCCCCOc1ccc2cc(C#Cc3ccc(C#Cc4ccc5cc(OCCCCCCCCCC)ccc5c4)c4nsnc34)ccc2c1. The van der Waals surface area contributed by atoms with E-state index in [1.54, 1.807) is 0 Å². The van der Waals surface area contributed by atoms with Gasteiger partial charge in [0.2, 0.25) is 0 Å². The summed E-state index contributed by atoms with van der Waals surface area (Å²) in [7, 11) is 0. The van der Waals surface area contributed by atoms with Gasteiger partial charge in [0.05, 0.1) is 36.1 Å². The van der Waals surface area contributed by atoms with Crippen LogP contribution in [0.1, 0.15) is 139 Å². The van der Waals surface area contributed by atoms with E-state index in [4.69, 9.17) is 9.47 Å². The highest BCUT2D eigenvalue weighted by Crippen LogP contribution is 2.25. The molecule has 0 radical (unpaired) electrons. The molecule has 0 aliphatic rings. The number of nitrogens with zero attached hydrogens (tertiary/aromatic N) is 2. The summed E-state index contributed by atoms with van der Waals surface area (Å²) in [5.74, 6) is 15.3. The topological polar surface area (TPSA) is 44.2 Å². The predicted octanol–water partition coefficient (Wildman–Crippen LogP) is 13.8. The van der Waals surface area contributed by atoms with Gasteiger partial charge in [-0.1, -0.05) is 152 Å². The number of ether oxygens (including phenoxy) is 2. The first-order chi connectivity index (χ1) is 27.2. The van der Waals surface area contributed by atoms with Crippen LogP contribution >= 0.6 is 11.7 Å². The van der Waals surface area contributed by atoms with Gasteiger partial charge in [-0.05, 0) is 95.1 Å². The number of rotatable bonds is 20. The first kappa shape index (κ1) is 39.8. The zero-order valence-corrected chi connectivity index (χ0v) is 33.7. The van der Waals surface area contributed by atoms with Crippen LogP contribution in [-0.2, 0) is 0 Å². The Labute approximate surface area is 333 Å². The van der Waals surface area contributed by atoms with Crippen molar-refractivity contribution in [2.75, 3.05) is 13.2 Å². The molecule has 0 spiro atoms. The quantitative estimate of drug-likeness (QED) is 0.0576. The molecule has 55 heavy (non-hydrogen) atoms. The largest absolute Gasteiger partial charge is 0.494 e. The number of aromatic nitrogens is 2. The van der Waals surface area contributed by atoms with Gasteiger partial charge in [-0.3, -0.25) is 0 Å². The maximum Gasteiger partial charge on any atom is 0.121 e. The molecule has 0 atom stereocenters. The number of benzene rings is 5. The number of fused-ring (bicyclic) bond motifs is 3. The Morgan fingerprint density at radius 2 is 0.800 bits per heavy atom. The molecular weight excluding hydrogens is 693 g/mol. The van der Waals surface area contributed by atoms with Gasteiger partial charge in [-0.15, -0.1) is 0 Å². The molecule has 1 aromatic heterocycles. The molecule has 4 nitrogen and oxygen atoms in total. The summed E-state index contributed by atoms with van der Waals surface area (Å²) >= 11 is 1.20. The average molecular weight is 749 g/mol. The maximum absolute atomic E-state index is 6.08. The molecule has 0 saturated heterocycles.